The van der Waals surface area contributed by atoms with Crippen LogP contribution < -0.4 is 5.32 Å². The molecule has 2 aromatic rings. The first-order valence-electron chi connectivity index (χ1n) is 6.26. The molecule has 20 heavy (non-hydrogen) atoms. The summed E-state index contributed by atoms with van der Waals surface area (Å²) in [5, 5.41) is 13.6. The van der Waals surface area contributed by atoms with Gasteiger partial charge in [0, 0.05) is 11.4 Å². The molecule has 1 heterocycles. The first-order chi connectivity index (χ1) is 9.65. The van der Waals surface area contributed by atoms with Gasteiger partial charge >= 0.3 is 5.97 Å². The van der Waals surface area contributed by atoms with Crippen LogP contribution in [-0.4, -0.2) is 23.5 Å². The molecule has 0 atom stereocenters. The van der Waals surface area contributed by atoms with E-state index in [1.165, 1.54) is 0 Å². The molecule has 1 aromatic heterocycles. The standard InChI is InChI=1S/C15H15NO3S/c17-14(10-13-2-1-9-20-13)16-8-7-11-3-5-12(6-4-11)15(18)19/h1-6,9H,7-8,10H2,(H,16,17)(H,18,19). The number of hydrogen-bond acceptors (Lipinski definition) is 3. The molecular formula is C15H15NO3S. The molecule has 1 amide bonds. The van der Waals surface area contributed by atoms with Gasteiger partial charge in [0.25, 0.3) is 0 Å². The second-order valence-corrected chi connectivity index (χ2v) is 5.39. The van der Waals surface area contributed by atoms with Crippen LogP contribution in [0.4, 0.5) is 0 Å². The maximum Gasteiger partial charge on any atom is 0.335 e. The van der Waals surface area contributed by atoms with Crippen LogP contribution in [-0.2, 0) is 17.6 Å². The summed E-state index contributed by atoms with van der Waals surface area (Å²) in [5.74, 6) is -0.921. The number of carboxylic acids is 1. The lowest BCUT2D eigenvalue weighted by Gasteiger charge is -2.05. The Hall–Kier alpha value is -2.14. The number of rotatable bonds is 6. The fourth-order valence-electron chi connectivity index (χ4n) is 1.79. The van der Waals surface area contributed by atoms with E-state index in [9.17, 15) is 9.59 Å². The quantitative estimate of drug-likeness (QED) is 0.858. The van der Waals surface area contributed by atoms with E-state index in [2.05, 4.69) is 5.32 Å². The van der Waals surface area contributed by atoms with E-state index >= 15 is 0 Å². The summed E-state index contributed by atoms with van der Waals surface area (Å²) in [6.45, 7) is 0.552. The second kappa shape index (κ2) is 6.86. The Morgan fingerprint density at radius 3 is 2.50 bits per heavy atom. The van der Waals surface area contributed by atoms with E-state index in [4.69, 9.17) is 5.11 Å². The number of amides is 1. The molecule has 5 heteroatoms. The van der Waals surface area contributed by atoms with Gasteiger partial charge in [-0.25, -0.2) is 4.79 Å². The highest BCUT2D eigenvalue weighted by Gasteiger charge is 2.04. The van der Waals surface area contributed by atoms with E-state index < -0.39 is 5.97 Å². The van der Waals surface area contributed by atoms with Crippen molar-refractivity contribution in [2.24, 2.45) is 0 Å². The summed E-state index contributed by atoms with van der Waals surface area (Å²) < 4.78 is 0. The lowest BCUT2D eigenvalue weighted by molar-refractivity contribution is -0.120. The summed E-state index contributed by atoms with van der Waals surface area (Å²) >= 11 is 1.57. The minimum atomic E-state index is -0.930. The highest BCUT2D eigenvalue weighted by molar-refractivity contribution is 7.10. The molecule has 4 nitrogen and oxygen atoms in total. The summed E-state index contributed by atoms with van der Waals surface area (Å²) in [6, 6.07) is 10.6. The van der Waals surface area contributed by atoms with Gasteiger partial charge in [-0.3, -0.25) is 4.79 Å². The Bertz CT molecular complexity index is 576. The van der Waals surface area contributed by atoms with Gasteiger partial charge in [0.1, 0.15) is 0 Å². The second-order valence-electron chi connectivity index (χ2n) is 4.36. The van der Waals surface area contributed by atoms with Crippen molar-refractivity contribution in [2.75, 3.05) is 6.54 Å². The van der Waals surface area contributed by atoms with Crippen LogP contribution in [0.2, 0.25) is 0 Å². The van der Waals surface area contributed by atoms with Crippen molar-refractivity contribution in [1.82, 2.24) is 5.32 Å². The Morgan fingerprint density at radius 1 is 1.15 bits per heavy atom. The fraction of sp³-hybridized carbons (Fsp3) is 0.200. The number of carboxylic acid groups (broad SMARTS) is 1. The van der Waals surface area contributed by atoms with E-state index in [0.29, 0.717) is 19.4 Å². The van der Waals surface area contributed by atoms with Gasteiger partial charge in [-0.15, -0.1) is 11.3 Å². The normalized spacial score (nSPS) is 10.2. The molecule has 0 radical (unpaired) electrons. The van der Waals surface area contributed by atoms with Gasteiger partial charge in [-0.2, -0.15) is 0 Å². The Morgan fingerprint density at radius 2 is 1.90 bits per heavy atom. The molecule has 2 N–H and O–H groups in total. The SMILES string of the molecule is O=C(Cc1cccs1)NCCc1ccc(C(=O)O)cc1. The monoisotopic (exact) mass is 289 g/mol. The molecule has 0 bridgehead atoms. The van der Waals surface area contributed by atoms with Gasteiger partial charge in [0.15, 0.2) is 0 Å². The first kappa shape index (κ1) is 14.3. The van der Waals surface area contributed by atoms with Crippen molar-refractivity contribution in [3.05, 3.63) is 57.8 Å². The van der Waals surface area contributed by atoms with Crippen molar-refractivity contribution < 1.29 is 14.7 Å². The van der Waals surface area contributed by atoms with Crippen molar-refractivity contribution in [1.29, 1.82) is 0 Å². The molecule has 0 saturated carbocycles. The maximum atomic E-state index is 11.7. The van der Waals surface area contributed by atoms with E-state index in [-0.39, 0.29) is 11.5 Å². The van der Waals surface area contributed by atoms with Gasteiger partial charge in [-0.1, -0.05) is 18.2 Å². The third-order valence-electron chi connectivity index (χ3n) is 2.85. The van der Waals surface area contributed by atoms with Gasteiger partial charge in [0.2, 0.25) is 5.91 Å². The fourth-order valence-corrected chi connectivity index (χ4v) is 2.50. The highest BCUT2D eigenvalue weighted by atomic mass is 32.1. The van der Waals surface area contributed by atoms with Crippen LogP contribution in [0, 0.1) is 0 Å². The largest absolute Gasteiger partial charge is 0.478 e. The zero-order valence-electron chi connectivity index (χ0n) is 10.8. The molecule has 0 saturated heterocycles. The highest BCUT2D eigenvalue weighted by Crippen LogP contribution is 2.09. The molecule has 0 spiro atoms. The number of benzene rings is 1. The number of aromatic carboxylic acids is 1. The molecule has 0 aliphatic rings. The van der Waals surface area contributed by atoms with Crippen LogP contribution in [0.3, 0.4) is 0 Å². The lowest BCUT2D eigenvalue weighted by atomic mass is 10.1. The molecule has 1 aromatic carbocycles. The lowest BCUT2D eigenvalue weighted by Crippen LogP contribution is -2.26. The molecule has 104 valence electrons. The minimum Gasteiger partial charge on any atom is -0.478 e. The molecule has 0 unspecified atom stereocenters. The number of thiophene rings is 1. The third-order valence-corrected chi connectivity index (χ3v) is 3.73. The third kappa shape index (κ3) is 4.20. The van der Waals surface area contributed by atoms with Gasteiger partial charge in [-0.05, 0) is 35.6 Å². The van der Waals surface area contributed by atoms with Crippen LogP contribution in [0.15, 0.2) is 41.8 Å². The van der Waals surface area contributed by atoms with Gasteiger partial charge < -0.3 is 10.4 Å². The topological polar surface area (TPSA) is 66.4 Å². The summed E-state index contributed by atoms with van der Waals surface area (Å²) in [4.78, 5) is 23.4. The summed E-state index contributed by atoms with van der Waals surface area (Å²) in [7, 11) is 0. The number of nitrogens with one attached hydrogen (secondary N) is 1. The van der Waals surface area contributed by atoms with E-state index in [1.807, 2.05) is 17.5 Å². The summed E-state index contributed by atoms with van der Waals surface area (Å²) in [6.07, 6.45) is 1.10. The number of carbonyl (C=O) groups excluding carboxylic acids is 1. The molecule has 0 aliphatic heterocycles. The van der Waals surface area contributed by atoms with Gasteiger partial charge in [0.05, 0.1) is 12.0 Å². The van der Waals surface area contributed by atoms with Crippen molar-refractivity contribution >= 4 is 23.2 Å². The average molecular weight is 289 g/mol. The number of hydrogen-bond donors (Lipinski definition) is 2. The summed E-state index contributed by atoms with van der Waals surface area (Å²) in [5.41, 5.74) is 1.28. The van der Waals surface area contributed by atoms with E-state index in [0.717, 1.165) is 10.4 Å². The Kier molecular flexibility index (Phi) is 4.90. The minimum absolute atomic E-state index is 0.00889. The van der Waals surface area contributed by atoms with E-state index in [1.54, 1.807) is 35.6 Å². The zero-order valence-corrected chi connectivity index (χ0v) is 11.7. The number of carbonyl (C=O) groups is 2. The zero-order chi connectivity index (χ0) is 14.4. The molecule has 0 fully saturated rings. The van der Waals surface area contributed by atoms with Crippen molar-refractivity contribution in [3.8, 4) is 0 Å². The van der Waals surface area contributed by atoms with Crippen molar-refractivity contribution in [2.45, 2.75) is 12.8 Å². The van der Waals surface area contributed by atoms with Crippen molar-refractivity contribution in [3.63, 3.8) is 0 Å². The molecule has 0 aliphatic carbocycles. The smallest absolute Gasteiger partial charge is 0.335 e. The maximum absolute atomic E-state index is 11.7. The Labute approximate surface area is 121 Å². The van der Waals surface area contributed by atoms with Crippen LogP contribution in [0.5, 0.6) is 0 Å². The Balaban J connectivity index is 1.75. The first-order valence-corrected chi connectivity index (χ1v) is 7.14. The predicted octanol–water partition coefficient (Wildman–Crippen LogP) is 2.35. The average Bonchev–Trinajstić information content (AvgIpc) is 2.92. The molecular weight excluding hydrogens is 274 g/mol. The predicted molar refractivity (Wildman–Crippen MR) is 78.1 cm³/mol. The van der Waals surface area contributed by atoms with Crippen LogP contribution in [0.25, 0.3) is 0 Å². The van der Waals surface area contributed by atoms with Crippen LogP contribution in [0.1, 0.15) is 20.8 Å². The van der Waals surface area contributed by atoms with Crippen LogP contribution >= 0.6 is 11.3 Å². The molecule has 2 rings (SSSR count).